The van der Waals surface area contributed by atoms with Gasteiger partial charge >= 0.3 is 0 Å². The Morgan fingerprint density at radius 2 is 1.58 bits per heavy atom. The Morgan fingerprint density at radius 1 is 0.879 bits per heavy atom. The van der Waals surface area contributed by atoms with Crippen LogP contribution in [-0.2, 0) is 11.3 Å². The van der Waals surface area contributed by atoms with Crippen LogP contribution in [0, 0.1) is 5.82 Å². The average molecular weight is 461 g/mol. The lowest BCUT2D eigenvalue weighted by Crippen LogP contribution is -2.49. The van der Waals surface area contributed by atoms with Gasteiger partial charge in [-0.05, 0) is 42.0 Å². The van der Waals surface area contributed by atoms with Gasteiger partial charge in [-0.1, -0.05) is 54.2 Å². The van der Waals surface area contributed by atoms with E-state index in [9.17, 15) is 9.18 Å². The number of thioether (sulfide) groups is 1. The van der Waals surface area contributed by atoms with Crippen molar-refractivity contribution in [1.82, 2.24) is 14.5 Å². The molecule has 0 atom stereocenters. The van der Waals surface area contributed by atoms with Crippen LogP contribution in [0.25, 0.3) is 11.0 Å². The summed E-state index contributed by atoms with van der Waals surface area (Å²) in [6.07, 6.45) is 0. The molecule has 5 rings (SSSR count). The Balaban J connectivity index is 1.24. The molecule has 168 valence electrons. The Morgan fingerprint density at radius 3 is 2.33 bits per heavy atom. The van der Waals surface area contributed by atoms with Crippen molar-refractivity contribution in [2.45, 2.75) is 11.7 Å². The first-order valence-corrected chi connectivity index (χ1v) is 12.1. The summed E-state index contributed by atoms with van der Waals surface area (Å²) in [5.41, 5.74) is 4.21. The second-order valence-electron chi connectivity index (χ2n) is 8.09. The molecule has 0 spiro atoms. The molecule has 4 aromatic rings. The number of benzene rings is 3. The standard InChI is InChI=1S/C26H25FN4OS/c27-21-10-12-22(13-11-21)29-14-16-30(17-15-29)25(32)19-33-26-28-23-8-4-5-9-24(23)31(26)18-20-6-2-1-3-7-20/h1-13H,14-19H2. The van der Waals surface area contributed by atoms with Gasteiger partial charge in [0.05, 0.1) is 23.3 Å². The van der Waals surface area contributed by atoms with Crippen LogP contribution < -0.4 is 4.90 Å². The second-order valence-corrected chi connectivity index (χ2v) is 9.03. The number of nitrogens with zero attached hydrogens (tertiary/aromatic N) is 4. The Kier molecular flexibility index (Phi) is 6.30. The van der Waals surface area contributed by atoms with Gasteiger partial charge < -0.3 is 14.4 Å². The van der Waals surface area contributed by atoms with Crippen LogP contribution in [0.4, 0.5) is 10.1 Å². The quantitative estimate of drug-likeness (QED) is 0.393. The molecule has 0 aliphatic carbocycles. The highest BCUT2D eigenvalue weighted by molar-refractivity contribution is 7.99. The molecule has 1 aliphatic rings. The molecule has 0 radical (unpaired) electrons. The number of hydrogen-bond acceptors (Lipinski definition) is 4. The number of amides is 1. The molecule has 7 heteroatoms. The fraction of sp³-hybridized carbons (Fsp3) is 0.231. The van der Waals surface area contributed by atoms with Gasteiger partial charge in [0.15, 0.2) is 5.16 Å². The van der Waals surface area contributed by atoms with Gasteiger partial charge in [0.1, 0.15) is 5.82 Å². The van der Waals surface area contributed by atoms with Gasteiger partial charge in [0, 0.05) is 31.9 Å². The first-order chi connectivity index (χ1) is 16.2. The van der Waals surface area contributed by atoms with E-state index in [1.807, 2.05) is 41.3 Å². The summed E-state index contributed by atoms with van der Waals surface area (Å²) in [7, 11) is 0. The van der Waals surface area contributed by atoms with E-state index >= 15 is 0 Å². The minimum Gasteiger partial charge on any atom is -0.368 e. The molecule has 1 aromatic heterocycles. The van der Waals surface area contributed by atoms with Gasteiger partial charge in [-0.15, -0.1) is 0 Å². The third-order valence-corrected chi connectivity index (χ3v) is 6.91. The van der Waals surface area contributed by atoms with E-state index in [1.54, 1.807) is 12.1 Å². The summed E-state index contributed by atoms with van der Waals surface area (Å²) >= 11 is 1.50. The third kappa shape index (κ3) is 4.88. The first kappa shape index (κ1) is 21.5. The van der Waals surface area contributed by atoms with Gasteiger partial charge in [0.25, 0.3) is 0 Å². The zero-order valence-corrected chi connectivity index (χ0v) is 19.0. The number of aromatic nitrogens is 2. The van der Waals surface area contributed by atoms with Gasteiger partial charge in [-0.25, -0.2) is 9.37 Å². The lowest BCUT2D eigenvalue weighted by atomic mass is 10.2. The Labute approximate surface area is 196 Å². The molecule has 1 saturated heterocycles. The van der Waals surface area contributed by atoms with E-state index in [0.717, 1.165) is 35.0 Å². The molecule has 0 saturated carbocycles. The largest absolute Gasteiger partial charge is 0.368 e. The molecule has 5 nitrogen and oxygen atoms in total. The van der Waals surface area contributed by atoms with Crippen LogP contribution in [-0.4, -0.2) is 52.3 Å². The summed E-state index contributed by atoms with van der Waals surface area (Å²) in [6.45, 7) is 3.53. The van der Waals surface area contributed by atoms with Crippen LogP contribution in [0.3, 0.4) is 0 Å². The summed E-state index contributed by atoms with van der Waals surface area (Å²) < 4.78 is 15.4. The molecule has 0 N–H and O–H groups in total. The summed E-state index contributed by atoms with van der Waals surface area (Å²) in [4.78, 5) is 21.8. The van der Waals surface area contributed by atoms with Gasteiger partial charge in [-0.2, -0.15) is 0 Å². The summed E-state index contributed by atoms with van der Waals surface area (Å²) in [6, 6.07) is 24.9. The Bertz CT molecular complexity index is 1230. The lowest BCUT2D eigenvalue weighted by molar-refractivity contribution is -0.128. The second kappa shape index (κ2) is 9.67. The van der Waals surface area contributed by atoms with Crippen molar-refractivity contribution < 1.29 is 9.18 Å². The monoisotopic (exact) mass is 460 g/mol. The fourth-order valence-corrected chi connectivity index (χ4v) is 5.08. The van der Waals surface area contributed by atoms with E-state index in [2.05, 4.69) is 27.7 Å². The number of piperazine rings is 1. The van der Waals surface area contributed by atoms with Crippen molar-refractivity contribution in [3.63, 3.8) is 0 Å². The van der Waals surface area contributed by atoms with Crippen molar-refractivity contribution in [3.8, 4) is 0 Å². The number of carbonyl (C=O) groups excluding carboxylic acids is 1. The predicted octanol–water partition coefficient (Wildman–Crippen LogP) is 4.66. The number of para-hydroxylation sites is 2. The maximum atomic E-state index is 13.2. The van der Waals surface area contributed by atoms with Crippen molar-refractivity contribution >= 4 is 34.4 Å². The minimum absolute atomic E-state index is 0.122. The molecular formula is C26H25FN4OS. The molecule has 1 fully saturated rings. The number of fused-ring (bicyclic) bond motifs is 1. The number of anilines is 1. The molecule has 33 heavy (non-hydrogen) atoms. The highest BCUT2D eigenvalue weighted by atomic mass is 32.2. The molecule has 3 aromatic carbocycles. The maximum absolute atomic E-state index is 13.2. The normalized spacial score (nSPS) is 14.1. The predicted molar refractivity (Wildman–Crippen MR) is 131 cm³/mol. The van der Waals surface area contributed by atoms with Crippen molar-refractivity contribution in [1.29, 1.82) is 0 Å². The molecule has 0 unspecified atom stereocenters. The number of rotatable bonds is 6. The van der Waals surface area contributed by atoms with Crippen molar-refractivity contribution in [2.75, 3.05) is 36.8 Å². The van der Waals surface area contributed by atoms with Gasteiger partial charge in [-0.3, -0.25) is 4.79 Å². The number of imidazole rings is 1. The Hall–Kier alpha value is -3.32. The van der Waals surface area contributed by atoms with Gasteiger partial charge in [0.2, 0.25) is 5.91 Å². The van der Waals surface area contributed by atoms with Crippen LogP contribution in [0.5, 0.6) is 0 Å². The maximum Gasteiger partial charge on any atom is 0.233 e. The molecule has 0 bridgehead atoms. The summed E-state index contributed by atoms with van der Waals surface area (Å²) in [5, 5.41) is 0.860. The molecule has 2 heterocycles. The van der Waals surface area contributed by atoms with E-state index in [4.69, 9.17) is 4.98 Å². The SMILES string of the molecule is O=C(CSc1nc2ccccc2n1Cc1ccccc1)N1CCN(c2ccc(F)cc2)CC1. The van der Waals surface area contributed by atoms with E-state index in [1.165, 1.54) is 29.5 Å². The smallest absolute Gasteiger partial charge is 0.233 e. The number of halogens is 1. The zero-order valence-electron chi connectivity index (χ0n) is 18.2. The zero-order chi connectivity index (χ0) is 22.6. The van der Waals surface area contributed by atoms with Crippen LogP contribution in [0.1, 0.15) is 5.56 Å². The minimum atomic E-state index is -0.233. The van der Waals surface area contributed by atoms with Crippen LogP contribution >= 0.6 is 11.8 Å². The highest BCUT2D eigenvalue weighted by Crippen LogP contribution is 2.26. The molecular weight excluding hydrogens is 435 g/mol. The van der Waals surface area contributed by atoms with Crippen molar-refractivity contribution in [3.05, 3.63) is 90.2 Å². The van der Waals surface area contributed by atoms with E-state index in [0.29, 0.717) is 25.4 Å². The highest BCUT2D eigenvalue weighted by Gasteiger charge is 2.22. The van der Waals surface area contributed by atoms with E-state index in [-0.39, 0.29) is 11.7 Å². The fourth-order valence-electron chi connectivity index (χ4n) is 4.17. The van der Waals surface area contributed by atoms with E-state index < -0.39 is 0 Å². The lowest BCUT2D eigenvalue weighted by Gasteiger charge is -2.36. The topological polar surface area (TPSA) is 41.4 Å². The number of hydrogen-bond donors (Lipinski definition) is 0. The summed E-state index contributed by atoms with van der Waals surface area (Å²) in [5.74, 6) is 0.245. The molecule has 1 amide bonds. The molecule has 1 aliphatic heterocycles. The third-order valence-electron chi connectivity index (χ3n) is 5.95. The van der Waals surface area contributed by atoms with Crippen LogP contribution in [0.15, 0.2) is 84.0 Å². The van der Waals surface area contributed by atoms with Crippen molar-refractivity contribution in [2.24, 2.45) is 0 Å². The van der Waals surface area contributed by atoms with Crippen LogP contribution in [0.2, 0.25) is 0 Å². The first-order valence-electron chi connectivity index (χ1n) is 11.1. The average Bonchev–Trinajstić information content (AvgIpc) is 3.21. The number of carbonyl (C=O) groups is 1.